The van der Waals surface area contributed by atoms with Crippen LogP contribution in [0, 0.1) is 5.92 Å². The molecular formula is C23H16Cl2F6N4OS. The summed E-state index contributed by atoms with van der Waals surface area (Å²) >= 11 is 11.9. The van der Waals surface area contributed by atoms with Crippen molar-refractivity contribution < 1.29 is 31.1 Å². The third-order valence-electron chi connectivity index (χ3n) is 5.52. The Morgan fingerprint density at radius 3 is 2.30 bits per heavy atom. The minimum Gasteiger partial charge on any atom is -0.351 e. The summed E-state index contributed by atoms with van der Waals surface area (Å²) in [6.45, 7) is 1.48. The van der Waals surface area contributed by atoms with Gasteiger partial charge in [-0.25, -0.2) is 9.67 Å². The van der Waals surface area contributed by atoms with Crippen LogP contribution in [0.2, 0.25) is 10.0 Å². The smallest absolute Gasteiger partial charge is 0.351 e. The number of amides is 1. The fourth-order valence-corrected chi connectivity index (χ4v) is 4.75. The summed E-state index contributed by atoms with van der Waals surface area (Å²) in [6.07, 6.45) is -4.73. The minimum atomic E-state index is -4.73. The van der Waals surface area contributed by atoms with Crippen LogP contribution in [0.4, 0.5) is 32.2 Å². The predicted octanol–water partition coefficient (Wildman–Crippen LogP) is 7.45. The van der Waals surface area contributed by atoms with Crippen LogP contribution in [0.5, 0.6) is 0 Å². The van der Waals surface area contributed by atoms with E-state index >= 15 is 0 Å². The van der Waals surface area contributed by atoms with E-state index in [4.69, 9.17) is 23.2 Å². The molecule has 1 aromatic heterocycles. The van der Waals surface area contributed by atoms with E-state index < -0.39 is 35.2 Å². The lowest BCUT2D eigenvalue weighted by molar-refractivity contribution is -0.141. The first kappa shape index (κ1) is 27.3. The lowest BCUT2D eigenvalue weighted by atomic mass is 9.87. The molecule has 0 spiro atoms. The second-order valence-corrected chi connectivity index (χ2v) is 10.0. The summed E-state index contributed by atoms with van der Waals surface area (Å²) in [5.41, 5.74) is -4.44. The van der Waals surface area contributed by atoms with Gasteiger partial charge in [-0.05, 0) is 54.1 Å². The molecule has 2 atom stereocenters. The minimum absolute atomic E-state index is 0.0100. The number of fused-ring (bicyclic) bond motifs is 1. The molecule has 2 unspecified atom stereocenters. The fraction of sp³-hybridized carbons (Fsp3) is 0.261. The van der Waals surface area contributed by atoms with E-state index in [-0.39, 0.29) is 44.8 Å². The summed E-state index contributed by atoms with van der Waals surface area (Å²) in [7, 11) is 0. The molecule has 0 bridgehead atoms. The summed E-state index contributed by atoms with van der Waals surface area (Å²) < 4.78 is 78.8. The molecule has 3 aromatic rings. The van der Waals surface area contributed by atoms with Gasteiger partial charge in [-0.1, -0.05) is 41.4 Å². The summed E-state index contributed by atoms with van der Waals surface area (Å²) in [5.74, 6) is -1.71. The second-order valence-electron chi connectivity index (χ2n) is 8.09. The van der Waals surface area contributed by atoms with Crippen molar-refractivity contribution >= 4 is 52.4 Å². The first-order valence-electron chi connectivity index (χ1n) is 10.5. The third kappa shape index (κ3) is 6.24. The third-order valence-corrected chi connectivity index (χ3v) is 7.00. The SMILES string of the molecule is CC1=Nc2cc(C(F)(F)F)nn2C(c2ccc(Cl)c(Cl)c2)C1C(=O)NCc1ccc(SC(F)(F)F)cc1. The van der Waals surface area contributed by atoms with Gasteiger partial charge in [0.25, 0.3) is 0 Å². The Hall–Kier alpha value is -2.70. The van der Waals surface area contributed by atoms with Crippen molar-refractivity contribution in [3.63, 3.8) is 0 Å². The molecule has 0 fully saturated rings. The van der Waals surface area contributed by atoms with Crippen molar-refractivity contribution in [2.45, 2.75) is 36.1 Å². The van der Waals surface area contributed by atoms with E-state index in [1.165, 1.54) is 49.4 Å². The highest BCUT2D eigenvalue weighted by Crippen LogP contribution is 2.41. The number of carbonyl (C=O) groups is 1. The second kappa shape index (κ2) is 10.2. The summed E-state index contributed by atoms with van der Waals surface area (Å²) in [5, 5.41) is 6.74. The lowest BCUT2D eigenvalue weighted by Crippen LogP contribution is -2.42. The van der Waals surface area contributed by atoms with Gasteiger partial charge < -0.3 is 5.32 Å². The summed E-state index contributed by atoms with van der Waals surface area (Å²) in [6, 6.07) is 9.65. The number of thioether (sulfide) groups is 1. The van der Waals surface area contributed by atoms with E-state index in [1.807, 2.05) is 0 Å². The zero-order chi connectivity index (χ0) is 27.1. The quantitative estimate of drug-likeness (QED) is 0.252. The van der Waals surface area contributed by atoms with Gasteiger partial charge in [-0.15, -0.1) is 0 Å². The van der Waals surface area contributed by atoms with Crippen LogP contribution < -0.4 is 5.32 Å². The first-order chi connectivity index (χ1) is 17.2. The maximum Gasteiger partial charge on any atom is 0.446 e. The monoisotopic (exact) mass is 580 g/mol. The molecule has 1 aliphatic rings. The van der Waals surface area contributed by atoms with Crippen LogP contribution in [-0.4, -0.2) is 26.9 Å². The molecule has 0 saturated heterocycles. The molecule has 196 valence electrons. The number of aromatic nitrogens is 2. The van der Waals surface area contributed by atoms with Crippen LogP contribution in [0.15, 0.2) is 58.4 Å². The first-order valence-corrected chi connectivity index (χ1v) is 12.1. The van der Waals surface area contributed by atoms with Gasteiger partial charge in [0.2, 0.25) is 5.91 Å². The number of nitrogens with zero attached hydrogens (tertiary/aromatic N) is 3. The van der Waals surface area contributed by atoms with Crippen LogP contribution in [0.3, 0.4) is 0 Å². The Morgan fingerprint density at radius 1 is 1.03 bits per heavy atom. The normalized spacial score (nSPS) is 17.8. The molecule has 0 radical (unpaired) electrons. The highest BCUT2D eigenvalue weighted by molar-refractivity contribution is 8.00. The van der Waals surface area contributed by atoms with Crippen molar-refractivity contribution in [3.05, 3.63) is 75.4 Å². The zero-order valence-electron chi connectivity index (χ0n) is 18.7. The number of alkyl halides is 6. The van der Waals surface area contributed by atoms with Gasteiger partial charge in [0.1, 0.15) is 5.92 Å². The predicted molar refractivity (Wildman–Crippen MR) is 128 cm³/mol. The number of halogens is 8. The fourth-order valence-electron chi connectivity index (χ4n) is 3.90. The van der Waals surface area contributed by atoms with Gasteiger partial charge in [-0.2, -0.15) is 31.4 Å². The number of hydrogen-bond acceptors (Lipinski definition) is 4. The molecule has 37 heavy (non-hydrogen) atoms. The Bertz CT molecular complexity index is 1350. The van der Waals surface area contributed by atoms with Gasteiger partial charge in [0.05, 0.1) is 16.1 Å². The Morgan fingerprint density at radius 2 is 1.70 bits per heavy atom. The van der Waals surface area contributed by atoms with Gasteiger partial charge >= 0.3 is 11.7 Å². The molecule has 1 amide bonds. The van der Waals surface area contributed by atoms with Crippen molar-refractivity contribution in [2.75, 3.05) is 0 Å². The van der Waals surface area contributed by atoms with Gasteiger partial charge in [-0.3, -0.25) is 4.79 Å². The lowest BCUT2D eigenvalue weighted by Gasteiger charge is -2.31. The Kier molecular flexibility index (Phi) is 7.55. The highest BCUT2D eigenvalue weighted by Gasteiger charge is 2.42. The Balaban J connectivity index is 1.63. The Labute approximate surface area is 220 Å². The van der Waals surface area contributed by atoms with Crippen molar-refractivity contribution in [3.8, 4) is 0 Å². The average Bonchev–Trinajstić information content (AvgIpc) is 3.22. The van der Waals surface area contributed by atoms with Crippen molar-refractivity contribution in [1.29, 1.82) is 0 Å². The maximum atomic E-state index is 13.4. The largest absolute Gasteiger partial charge is 0.446 e. The number of nitrogens with one attached hydrogen (secondary N) is 1. The molecule has 14 heteroatoms. The van der Waals surface area contributed by atoms with Crippen molar-refractivity contribution in [2.24, 2.45) is 10.9 Å². The highest BCUT2D eigenvalue weighted by atomic mass is 35.5. The molecule has 0 aliphatic carbocycles. The van der Waals surface area contributed by atoms with E-state index in [1.54, 1.807) is 0 Å². The molecule has 2 heterocycles. The van der Waals surface area contributed by atoms with E-state index in [0.29, 0.717) is 11.1 Å². The summed E-state index contributed by atoms with van der Waals surface area (Å²) in [4.78, 5) is 17.5. The van der Waals surface area contributed by atoms with Crippen LogP contribution in [0.1, 0.15) is 29.8 Å². The molecular weight excluding hydrogens is 565 g/mol. The maximum absolute atomic E-state index is 13.4. The number of benzene rings is 2. The zero-order valence-corrected chi connectivity index (χ0v) is 21.0. The van der Waals surface area contributed by atoms with Crippen LogP contribution >= 0.6 is 35.0 Å². The molecule has 5 nitrogen and oxygen atoms in total. The molecule has 2 aromatic carbocycles. The van der Waals surface area contributed by atoms with Crippen LogP contribution in [0.25, 0.3) is 0 Å². The number of rotatable bonds is 5. The topological polar surface area (TPSA) is 59.3 Å². The van der Waals surface area contributed by atoms with E-state index in [9.17, 15) is 31.1 Å². The van der Waals surface area contributed by atoms with Crippen LogP contribution in [-0.2, 0) is 17.5 Å². The van der Waals surface area contributed by atoms with E-state index in [0.717, 1.165) is 10.7 Å². The molecule has 4 rings (SSSR count). The number of hydrogen-bond donors (Lipinski definition) is 1. The molecule has 0 saturated carbocycles. The average molecular weight is 581 g/mol. The number of aliphatic imine (C=N–C) groups is 1. The molecule has 1 N–H and O–H groups in total. The standard InChI is InChI=1S/C23H16Cl2F6N4OS/c1-11-19(21(36)32-10-12-2-5-14(6-3-12)37-23(29,30)31)20(13-4-7-15(24)16(25)8-13)35-18(33-11)9-17(34-35)22(26,27)28/h2-9,19-20H,10H2,1H3,(H,32,36). The van der Waals surface area contributed by atoms with Gasteiger partial charge in [0, 0.05) is 23.2 Å². The van der Waals surface area contributed by atoms with Gasteiger partial charge in [0.15, 0.2) is 11.5 Å². The number of carbonyl (C=O) groups excluding carboxylic acids is 1. The molecule has 1 aliphatic heterocycles. The van der Waals surface area contributed by atoms with E-state index in [2.05, 4.69) is 15.4 Å². The van der Waals surface area contributed by atoms with Crippen molar-refractivity contribution in [1.82, 2.24) is 15.1 Å².